The topological polar surface area (TPSA) is 44.5 Å². The summed E-state index contributed by atoms with van der Waals surface area (Å²) >= 11 is 1.72. The Morgan fingerprint density at radius 2 is 1.62 bits per heavy atom. The molecular formula is C17H21NO2S. The van der Waals surface area contributed by atoms with Gasteiger partial charge in [0.05, 0.1) is 14.2 Å². The molecule has 4 heteroatoms. The zero-order valence-corrected chi connectivity index (χ0v) is 13.4. The molecule has 2 atom stereocenters. The summed E-state index contributed by atoms with van der Waals surface area (Å²) in [6, 6.07) is 16.1. The van der Waals surface area contributed by atoms with Gasteiger partial charge >= 0.3 is 0 Å². The van der Waals surface area contributed by atoms with Crippen molar-refractivity contribution in [2.45, 2.75) is 23.1 Å². The highest BCUT2D eigenvalue weighted by atomic mass is 32.2. The van der Waals surface area contributed by atoms with Gasteiger partial charge < -0.3 is 15.2 Å². The number of thioether (sulfide) groups is 1. The summed E-state index contributed by atoms with van der Waals surface area (Å²) in [7, 11) is 3.36. The number of nitrogens with two attached hydrogens (primary N) is 1. The van der Waals surface area contributed by atoms with Crippen molar-refractivity contribution >= 4 is 11.8 Å². The van der Waals surface area contributed by atoms with E-state index in [0.717, 1.165) is 16.4 Å². The molecule has 3 nitrogen and oxygen atoms in total. The minimum absolute atomic E-state index is 0.0216. The Kier molecular flexibility index (Phi) is 5.53. The molecule has 2 aromatic carbocycles. The first-order chi connectivity index (χ1) is 10.2. The highest BCUT2D eigenvalue weighted by Gasteiger charge is 2.19. The first-order valence-corrected chi connectivity index (χ1v) is 7.73. The quantitative estimate of drug-likeness (QED) is 0.822. The van der Waals surface area contributed by atoms with Gasteiger partial charge in [-0.3, -0.25) is 0 Å². The van der Waals surface area contributed by atoms with Crippen molar-refractivity contribution in [3.8, 4) is 11.5 Å². The normalized spacial score (nSPS) is 13.5. The van der Waals surface area contributed by atoms with Crippen LogP contribution in [-0.2, 0) is 0 Å². The molecule has 0 amide bonds. The van der Waals surface area contributed by atoms with Gasteiger partial charge in [-0.1, -0.05) is 24.3 Å². The predicted octanol–water partition coefficient (Wildman–Crippen LogP) is 3.88. The molecule has 2 aromatic rings. The van der Waals surface area contributed by atoms with E-state index in [-0.39, 0.29) is 11.3 Å². The molecule has 0 radical (unpaired) electrons. The van der Waals surface area contributed by atoms with Gasteiger partial charge in [0.15, 0.2) is 0 Å². The van der Waals surface area contributed by atoms with Gasteiger partial charge in [0.2, 0.25) is 0 Å². The molecule has 0 bridgehead atoms. The van der Waals surface area contributed by atoms with Gasteiger partial charge in [0.25, 0.3) is 0 Å². The van der Waals surface area contributed by atoms with E-state index in [2.05, 4.69) is 18.2 Å². The van der Waals surface area contributed by atoms with Crippen LogP contribution in [0, 0.1) is 0 Å². The molecule has 0 aliphatic heterocycles. The molecule has 112 valence electrons. The molecule has 0 fully saturated rings. The Balaban J connectivity index is 2.26. The fourth-order valence-corrected chi connectivity index (χ4v) is 3.33. The van der Waals surface area contributed by atoms with E-state index in [0.29, 0.717) is 0 Å². The fourth-order valence-electron chi connectivity index (χ4n) is 2.13. The fraction of sp³-hybridized carbons (Fsp3) is 0.294. The lowest BCUT2D eigenvalue weighted by molar-refractivity contribution is 0.404. The number of ether oxygens (including phenoxy) is 2. The zero-order chi connectivity index (χ0) is 15.2. The van der Waals surface area contributed by atoms with E-state index >= 15 is 0 Å². The van der Waals surface area contributed by atoms with Crippen LogP contribution in [-0.4, -0.2) is 20.3 Å². The van der Waals surface area contributed by atoms with E-state index < -0.39 is 0 Å². The highest BCUT2D eigenvalue weighted by Crippen LogP contribution is 2.41. The van der Waals surface area contributed by atoms with Crippen LogP contribution < -0.4 is 15.2 Å². The molecule has 0 saturated heterocycles. The first kappa shape index (κ1) is 15.7. The van der Waals surface area contributed by atoms with Crippen LogP contribution in [0.2, 0.25) is 0 Å². The maximum atomic E-state index is 6.19. The maximum Gasteiger partial charge on any atom is 0.132 e. The van der Waals surface area contributed by atoms with Crippen LogP contribution in [0.1, 0.15) is 17.7 Å². The second-order valence-corrected chi connectivity index (χ2v) is 6.00. The van der Waals surface area contributed by atoms with Crippen molar-refractivity contribution in [2.24, 2.45) is 5.73 Å². The van der Waals surface area contributed by atoms with Crippen LogP contribution in [0.25, 0.3) is 0 Å². The molecule has 0 spiro atoms. The van der Waals surface area contributed by atoms with Gasteiger partial charge in [-0.25, -0.2) is 0 Å². The lowest BCUT2D eigenvalue weighted by Crippen LogP contribution is -2.22. The third-order valence-electron chi connectivity index (χ3n) is 3.24. The lowest BCUT2D eigenvalue weighted by atomic mass is 10.1. The number of para-hydroxylation sites is 1. The summed E-state index contributed by atoms with van der Waals surface area (Å²) in [6.45, 7) is 2.03. The van der Waals surface area contributed by atoms with Gasteiger partial charge in [-0.05, 0) is 36.8 Å². The van der Waals surface area contributed by atoms with Crippen molar-refractivity contribution in [3.63, 3.8) is 0 Å². The van der Waals surface area contributed by atoms with Gasteiger partial charge in [0, 0.05) is 16.2 Å². The summed E-state index contributed by atoms with van der Waals surface area (Å²) in [6.07, 6.45) is 0. The van der Waals surface area contributed by atoms with Crippen LogP contribution in [0.3, 0.4) is 0 Å². The first-order valence-electron chi connectivity index (χ1n) is 6.85. The maximum absolute atomic E-state index is 6.19. The molecule has 2 N–H and O–H groups in total. The van der Waals surface area contributed by atoms with Gasteiger partial charge in [0.1, 0.15) is 11.5 Å². The van der Waals surface area contributed by atoms with E-state index in [1.54, 1.807) is 26.0 Å². The molecule has 2 unspecified atom stereocenters. The number of rotatable bonds is 6. The number of methoxy groups -OCH3 is 2. The average Bonchev–Trinajstić information content (AvgIpc) is 2.53. The van der Waals surface area contributed by atoms with Crippen molar-refractivity contribution in [1.29, 1.82) is 0 Å². The molecule has 0 aliphatic rings. The van der Waals surface area contributed by atoms with E-state index in [4.69, 9.17) is 15.2 Å². The summed E-state index contributed by atoms with van der Waals surface area (Å²) in [4.78, 5) is 1.10. The Hall–Kier alpha value is -1.65. The van der Waals surface area contributed by atoms with Gasteiger partial charge in [-0.15, -0.1) is 11.8 Å². The third-order valence-corrected chi connectivity index (χ3v) is 4.79. The van der Waals surface area contributed by atoms with Crippen LogP contribution in [0.5, 0.6) is 11.5 Å². The molecule has 0 aliphatic carbocycles. The summed E-state index contributed by atoms with van der Waals surface area (Å²) in [5.74, 6) is 1.73. The number of hydrogen-bond donors (Lipinski definition) is 1. The largest absolute Gasteiger partial charge is 0.497 e. The Morgan fingerprint density at radius 1 is 0.952 bits per heavy atom. The van der Waals surface area contributed by atoms with Crippen molar-refractivity contribution in [1.82, 2.24) is 0 Å². The molecule has 0 aromatic heterocycles. The highest BCUT2D eigenvalue weighted by molar-refractivity contribution is 7.99. The Labute approximate surface area is 130 Å². The summed E-state index contributed by atoms with van der Waals surface area (Å²) in [5.41, 5.74) is 7.37. The van der Waals surface area contributed by atoms with Gasteiger partial charge in [-0.2, -0.15) is 0 Å². The van der Waals surface area contributed by atoms with Crippen molar-refractivity contribution in [3.05, 3.63) is 54.1 Å². The van der Waals surface area contributed by atoms with E-state index in [1.807, 2.05) is 37.3 Å². The monoisotopic (exact) mass is 303 g/mol. The molecule has 2 rings (SSSR count). The average molecular weight is 303 g/mol. The zero-order valence-electron chi connectivity index (χ0n) is 12.6. The SMILES string of the molecule is COc1ccc(C(Sc2ccccc2OC)C(C)N)cc1. The molecular weight excluding hydrogens is 282 g/mol. The molecule has 21 heavy (non-hydrogen) atoms. The Bertz CT molecular complexity index is 569. The third kappa shape index (κ3) is 3.93. The molecule has 0 heterocycles. The summed E-state index contributed by atoms with van der Waals surface area (Å²) < 4.78 is 10.6. The second-order valence-electron chi connectivity index (χ2n) is 4.82. The predicted molar refractivity (Wildman–Crippen MR) is 88.2 cm³/mol. The summed E-state index contributed by atoms with van der Waals surface area (Å²) in [5, 5.41) is 0.159. The van der Waals surface area contributed by atoms with Crippen molar-refractivity contribution in [2.75, 3.05) is 14.2 Å². The Morgan fingerprint density at radius 3 is 2.19 bits per heavy atom. The van der Waals surface area contributed by atoms with Crippen LogP contribution in [0.4, 0.5) is 0 Å². The molecule has 0 saturated carbocycles. The van der Waals surface area contributed by atoms with Crippen molar-refractivity contribution < 1.29 is 9.47 Å². The standard InChI is InChI=1S/C17H21NO2S/c1-12(18)17(13-8-10-14(19-2)11-9-13)21-16-7-5-4-6-15(16)20-3/h4-12,17H,18H2,1-3H3. The van der Waals surface area contributed by atoms with E-state index in [9.17, 15) is 0 Å². The minimum Gasteiger partial charge on any atom is -0.497 e. The number of hydrogen-bond acceptors (Lipinski definition) is 4. The van der Waals surface area contributed by atoms with E-state index in [1.165, 1.54) is 5.56 Å². The van der Waals surface area contributed by atoms with Crippen LogP contribution in [0.15, 0.2) is 53.4 Å². The minimum atomic E-state index is 0.0216. The van der Waals surface area contributed by atoms with Crippen LogP contribution >= 0.6 is 11.8 Å². The lowest BCUT2D eigenvalue weighted by Gasteiger charge is -2.22. The smallest absolute Gasteiger partial charge is 0.132 e. The second kappa shape index (κ2) is 7.38. The number of benzene rings is 2.